The number of hydrogen-bond donors (Lipinski definition) is 1. The zero-order valence-corrected chi connectivity index (χ0v) is 13.1. The molecule has 2 saturated heterocycles. The third kappa shape index (κ3) is 3.38. The van der Waals surface area contributed by atoms with Crippen molar-refractivity contribution in [3.63, 3.8) is 0 Å². The fraction of sp³-hybridized carbons (Fsp3) is 0.647. The molecule has 1 aromatic rings. The van der Waals surface area contributed by atoms with E-state index in [-0.39, 0.29) is 0 Å². The Morgan fingerprint density at radius 3 is 2.65 bits per heavy atom. The van der Waals surface area contributed by atoms with E-state index in [4.69, 9.17) is 0 Å². The summed E-state index contributed by atoms with van der Waals surface area (Å²) in [6, 6.07) is 11.2. The highest BCUT2D eigenvalue weighted by atomic mass is 32.2. The van der Waals surface area contributed by atoms with Gasteiger partial charge in [-0.05, 0) is 50.2 Å². The molecule has 0 aromatic heterocycles. The third-order valence-corrected chi connectivity index (χ3v) is 5.84. The van der Waals surface area contributed by atoms with Gasteiger partial charge in [0, 0.05) is 24.3 Å². The van der Waals surface area contributed by atoms with E-state index in [0.29, 0.717) is 5.41 Å². The summed E-state index contributed by atoms with van der Waals surface area (Å²) in [7, 11) is 0. The molecule has 0 atom stereocenters. The van der Waals surface area contributed by atoms with Gasteiger partial charge in [-0.15, -0.1) is 0 Å². The van der Waals surface area contributed by atoms with Gasteiger partial charge in [0.15, 0.2) is 0 Å². The van der Waals surface area contributed by atoms with E-state index in [2.05, 4.69) is 52.3 Å². The Hall–Kier alpha value is -0.510. The Labute approximate surface area is 127 Å². The number of nitrogens with zero attached hydrogens (tertiary/aromatic N) is 1. The molecule has 20 heavy (non-hydrogen) atoms. The van der Waals surface area contributed by atoms with Crippen molar-refractivity contribution >= 4 is 11.8 Å². The molecule has 2 fully saturated rings. The molecule has 1 aromatic carbocycles. The average molecular weight is 290 g/mol. The molecule has 2 nitrogen and oxygen atoms in total. The van der Waals surface area contributed by atoms with Crippen LogP contribution in [0.15, 0.2) is 30.3 Å². The number of benzene rings is 1. The summed E-state index contributed by atoms with van der Waals surface area (Å²) in [6.07, 6.45) is 3.91. The van der Waals surface area contributed by atoms with Crippen LogP contribution >= 0.6 is 11.8 Å². The summed E-state index contributed by atoms with van der Waals surface area (Å²) < 4.78 is 0. The van der Waals surface area contributed by atoms with Gasteiger partial charge in [0.05, 0.1) is 0 Å². The lowest BCUT2D eigenvalue weighted by Gasteiger charge is -2.41. The summed E-state index contributed by atoms with van der Waals surface area (Å²) in [5.41, 5.74) is 1.93. The highest BCUT2D eigenvalue weighted by Crippen LogP contribution is 2.34. The standard InChI is InChI=1S/C17H26N2S/c1-2-5-16(6-3-1)17(7-9-18-10-8-17)15-19-11-4-13-20-14-12-19/h1-3,5-6,18H,4,7-15H2. The van der Waals surface area contributed by atoms with Gasteiger partial charge in [0.1, 0.15) is 0 Å². The van der Waals surface area contributed by atoms with Crippen LogP contribution in [0, 0.1) is 0 Å². The molecular weight excluding hydrogens is 264 g/mol. The molecule has 0 bridgehead atoms. The van der Waals surface area contributed by atoms with Gasteiger partial charge in [0.2, 0.25) is 0 Å². The molecule has 1 N–H and O–H groups in total. The van der Waals surface area contributed by atoms with Gasteiger partial charge in [-0.1, -0.05) is 30.3 Å². The summed E-state index contributed by atoms with van der Waals surface area (Å²) in [6.45, 7) is 6.13. The molecule has 3 rings (SSSR count). The van der Waals surface area contributed by atoms with Crippen molar-refractivity contribution < 1.29 is 0 Å². The van der Waals surface area contributed by atoms with Crippen molar-refractivity contribution in [1.29, 1.82) is 0 Å². The second-order valence-corrected chi connectivity index (χ2v) is 7.36. The first-order chi connectivity index (χ1) is 9.89. The Morgan fingerprint density at radius 2 is 1.85 bits per heavy atom. The highest BCUT2D eigenvalue weighted by Gasteiger charge is 2.35. The maximum Gasteiger partial charge on any atom is 0.0104 e. The van der Waals surface area contributed by atoms with E-state index in [1.165, 1.54) is 50.4 Å². The van der Waals surface area contributed by atoms with Crippen molar-refractivity contribution in [3.8, 4) is 0 Å². The zero-order chi connectivity index (χ0) is 13.7. The lowest BCUT2D eigenvalue weighted by molar-refractivity contribution is 0.183. The molecule has 0 unspecified atom stereocenters. The highest BCUT2D eigenvalue weighted by molar-refractivity contribution is 7.99. The normalized spacial score (nSPS) is 24.2. The van der Waals surface area contributed by atoms with Crippen molar-refractivity contribution in [1.82, 2.24) is 10.2 Å². The van der Waals surface area contributed by atoms with E-state index in [0.717, 1.165) is 13.1 Å². The number of rotatable bonds is 3. The van der Waals surface area contributed by atoms with Crippen molar-refractivity contribution in [2.24, 2.45) is 0 Å². The maximum absolute atomic E-state index is 3.54. The van der Waals surface area contributed by atoms with Gasteiger partial charge in [0.25, 0.3) is 0 Å². The Balaban J connectivity index is 1.78. The summed E-state index contributed by atoms with van der Waals surface area (Å²) in [4.78, 5) is 2.72. The van der Waals surface area contributed by atoms with Crippen LogP contribution in [-0.4, -0.2) is 49.1 Å². The number of piperidine rings is 1. The first kappa shape index (κ1) is 14.4. The van der Waals surface area contributed by atoms with Gasteiger partial charge in [-0.2, -0.15) is 11.8 Å². The van der Waals surface area contributed by atoms with E-state index in [1.54, 1.807) is 5.56 Å². The molecule has 110 valence electrons. The molecule has 2 aliphatic rings. The quantitative estimate of drug-likeness (QED) is 0.921. The number of thioether (sulfide) groups is 1. The number of nitrogens with one attached hydrogen (secondary N) is 1. The minimum Gasteiger partial charge on any atom is -0.317 e. The molecule has 3 heteroatoms. The maximum atomic E-state index is 3.54. The Kier molecular flexibility index (Phi) is 5.03. The molecule has 0 saturated carbocycles. The lowest BCUT2D eigenvalue weighted by atomic mass is 9.72. The van der Waals surface area contributed by atoms with Gasteiger partial charge < -0.3 is 10.2 Å². The van der Waals surface area contributed by atoms with E-state index < -0.39 is 0 Å². The van der Waals surface area contributed by atoms with Crippen LogP contribution in [0.4, 0.5) is 0 Å². The fourth-order valence-electron chi connectivity index (χ4n) is 3.62. The zero-order valence-electron chi connectivity index (χ0n) is 12.3. The fourth-order valence-corrected chi connectivity index (χ4v) is 4.54. The summed E-state index contributed by atoms with van der Waals surface area (Å²) >= 11 is 2.12. The third-order valence-electron chi connectivity index (χ3n) is 4.79. The second kappa shape index (κ2) is 6.97. The summed E-state index contributed by atoms with van der Waals surface area (Å²) in [5.74, 6) is 2.65. The minimum absolute atomic E-state index is 0.377. The van der Waals surface area contributed by atoms with Crippen LogP contribution in [0.2, 0.25) is 0 Å². The first-order valence-corrected chi connectivity index (χ1v) is 9.11. The van der Waals surface area contributed by atoms with Gasteiger partial charge in [-0.3, -0.25) is 0 Å². The smallest absolute Gasteiger partial charge is 0.0104 e. The second-order valence-electron chi connectivity index (χ2n) is 6.14. The largest absolute Gasteiger partial charge is 0.317 e. The molecule has 2 heterocycles. The van der Waals surface area contributed by atoms with Crippen molar-refractivity contribution in [3.05, 3.63) is 35.9 Å². The first-order valence-electron chi connectivity index (χ1n) is 7.95. The molecule has 2 aliphatic heterocycles. The lowest BCUT2D eigenvalue weighted by Crippen LogP contribution is -2.48. The van der Waals surface area contributed by atoms with Gasteiger partial charge >= 0.3 is 0 Å². The van der Waals surface area contributed by atoms with Crippen molar-refractivity contribution in [2.75, 3.05) is 44.2 Å². The monoisotopic (exact) mass is 290 g/mol. The van der Waals surface area contributed by atoms with Crippen LogP contribution in [0.5, 0.6) is 0 Å². The SMILES string of the molecule is c1ccc(C2(CN3CCCSCC3)CCNCC2)cc1. The van der Waals surface area contributed by atoms with Crippen LogP contribution in [0.25, 0.3) is 0 Å². The predicted molar refractivity (Wildman–Crippen MR) is 88.6 cm³/mol. The van der Waals surface area contributed by atoms with E-state index >= 15 is 0 Å². The summed E-state index contributed by atoms with van der Waals surface area (Å²) in [5, 5.41) is 3.54. The van der Waals surface area contributed by atoms with E-state index in [9.17, 15) is 0 Å². The molecule has 0 amide bonds. The Morgan fingerprint density at radius 1 is 1.05 bits per heavy atom. The minimum atomic E-state index is 0.377. The molecular formula is C17H26N2S. The molecule has 0 radical (unpaired) electrons. The molecule has 0 spiro atoms. The number of hydrogen-bond acceptors (Lipinski definition) is 3. The Bertz CT molecular complexity index is 393. The van der Waals surface area contributed by atoms with Crippen LogP contribution in [-0.2, 0) is 5.41 Å². The van der Waals surface area contributed by atoms with Crippen molar-refractivity contribution in [2.45, 2.75) is 24.7 Å². The van der Waals surface area contributed by atoms with E-state index in [1.807, 2.05) is 0 Å². The van der Waals surface area contributed by atoms with Crippen LogP contribution in [0.3, 0.4) is 0 Å². The average Bonchev–Trinajstić information content (AvgIpc) is 2.78. The molecule has 0 aliphatic carbocycles. The van der Waals surface area contributed by atoms with Crippen LogP contribution < -0.4 is 5.32 Å². The topological polar surface area (TPSA) is 15.3 Å². The van der Waals surface area contributed by atoms with Gasteiger partial charge in [-0.25, -0.2) is 0 Å². The van der Waals surface area contributed by atoms with Crippen LogP contribution in [0.1, 0.15) is 24.8 Å². The predicted octanol–water partition coefficient (Wildman–Crippen LogP) is 2.75.